The monoisotopic (exact) mass is 468 g/mol. The molecular weight excluding hydrogens is 449 g/mol. The number of ether oxygens (including phenoxy) is 2. The SMILES string of the molecule is CC1(C)C(/C=C(\Cl)C(F)(F)F)C1C(=O)OC(C(=O)O)c1cccc(Oc2ccccc2)c1. The summed E-state index contributed by atoms with van der Waals surface area (Å²) in [6.45, 7) is 3.18. The number of carboxylic acids is 1. The van der Waals surface area contributed by atoms with Gasteiger partial charge in [0.15, 0.2) is 0 Å². The summed E-state index contributed by atoms with van der Waals surface area (Å²) in [4.78, 5) is 24.5. The second-order valence-electron chi connectivity index (χ2n) is 7.98. The number of allylic oxidation sites excluding steroid dienone is 2. The van der Waals surface area contributed by atoms with Gasteiger partial charge < -0.3 is 14.6 Å². The van der Waals surface area contributed by atoms with Crippen molar-refractivity contribution in [2.75, 3.05) is 0 Å². The molecule has 1 saturated carbocycles. The number of para-hydroxylation sites is 1. The van der Waals surface area contributed by atoms with E-state index in [0.29, 0.717) is 11.5 Å². The van der Waals surface area contributed by atoms with Crippen LogP contribution < -0.4 is 4.74 Å². The Kier molecular flexibility index (Phi) is 6.55. The van der Waals surface area contributed by atoms with Crippen LogP contribution in [0.5, 0.6) is 11.5 Å². The predicted molar refractivity (Wildman–Crippen MR) is 110 cm³/mol. The van der Waals surface area contributed by atoms with Gasteiger partial charge in [-0.3, -0.25) is 4.79 Å². The van der Waals surface area contributed by atoms with Gasteiger partial charge in [-0.25, -0.2) is 4.79 Å². The Morgan fingerprint density at radius 3 is 2.31 bits per heavy atom. The molecular formula is C23H20ClF3O5. The van der Waals surface area contributed by atoms with Crippen molar-refractivity contribution < 1.29 is 37.3 Å². The Hall–Kier alpha value is -3.00. The molecule has 0 radical (unpaired) electrons. The predicted octanol–water partition coefficient (Wildman–Crippen LogP) is 6.11. The quantitative estimate of drug-likeness (QED) is 0.497. The fraction of sp³-hybridized carbons (Fsp3) is 0.304. The van der Waals surface area contributed by atoms with Gasteiger partial charge in [-0.15, -0.1) is 0 Å². The number of benzene rings is 2. The van der Waals surface area contributed by atoms with Crippen molar-refractivity contribution in [2.24, 2.45) is 17.3 Å². The number of alkyl halides is 3. The Labute approximate surface area is 187 Å². The first kappa shape index (κ1) is 23.7. The van der Waals surface area contributed by atoms with Crippen LogP contribution in [0, 0.1) is 17.3 Å². The van der Waals surface area contributed by atoms with Crippen molar-refractivity contribution in [3.05, 3.63) is 71.3 Å². The molecule has 32 heavy (non-hydrogen) atoms. The van der Waals surface area contributed by atoms with Crippen LogP contribution in [0.1, 0.15) is 25.5 Å². The fourth-order valence-electron chi connectivity index (χ4n) is 3.51. The second kappa shape index (κ2) is 8.86. The maximum absolute atomic E-state index is 12.7. The Morgan fingerprint density at radius 2 is 1.72 bits per heavy atom. The lowest BCUT2D eigenvalue weighted by atomic mass is 10.1. The van der Waals surface area contributed by atoms with Crippen LogP contribution in [0.2, 0.25) is 0 Å². The smallest absolute Gasteiger partial charge is 0.426 e. The first-order valence-corrected chi connectivity index (χ1v) is 9.99. The normalized spacial score (nSPS) is 20.9. The minimum absolute atomic E-state index is 0.151. The molecule has 0 bridgehead atoms. The zero-order chi connectivity index (χ0) is 23.7. The highest BCUT2D eigenvalue weighted by Gasteiger charge is 2.62. The molecule has 0 amide bonds. The molecule has 0 saturated heterocycles. The second-order valence-corrected chi connectivity index (χ2v) is 8.39. The molecule has 2 aromatic rings. The summed E-state index contributed by atoms with van der Waals surface area (Å²) in [6.07, 6.45) is -5.60. The first-order valence-electron chi connectivity index (χ1n) is 9.62. The minimum atomic E-state index is -4.72. The van der Waals surface area contributed by atoms with E-state index >= 15 is 0 Å². The van der Waals surface area contributed by atoms with Crippen molar-refractivity contribution in [3.8, 4) is 11.5 Å². The van der Waals surface area contributed by atoms with E-state index in [4.69, 9.17) is 21.1 Å². The van der Waals surface area contributed by atoms with Crippen molar-refractivity contribution >= 4 is 23.5 Å². The molecule has 0 aliphatic heterocycles. The summed E-state index contributed by atoms with van der Waals surface area (Å²) in [7, 11) is 0. The molecule has 3 atom stereocenters. The van der Waals surface area contributed by atoms with Crippen LogP contribution in [-0.4, -0.2) is 23.2 Å². The molecule has 1 fully saturated rings. The molecule has 170 valence electrons. The van der Waals surface area contributed by atoms with Gasteiger partial charge in [0.25, 0.3) is 0 Å². The van der Waals surface area contributed by atoms with E-state index in [0.717, 1.165) is 6.08 Å². The maximum atomic E-state index is 12.7. The highest BCUT2D eigenvalue weighted by Crippen LogP contribution is 2.60. The third kappa shape index (κ3) is 5.24. The summed E-state index contributed by atoms with van der Waals surface area (Å²) in [5, 5.41) is 8.28. The zero-order valence-corrected chi connectivity index (χ0v) is 17.9. The van der Waals surface area contributed by atoms with Crippen LogP contribution in [0.3, 0.4) is 0 Å². The molecule has 3 rings (SSSR count). The lowest BCUT2D eigenvalue weighted by Gasteiger charge is -2.16. The lowest BCUT2D eigenvalue weighted by Crippen LogP contribution is -2.21. The van der Waals surface area contributed by atoms with Gasteiger partial charge in [0, 0.05) is 5.56 Å². The molecule has 9 heteroatoms. The summed E-state index contributed by atoms with van der Waals surface area (Å²) >= 11 is 5.30. The molecule has 1 aliphatic rings. The molecule has 0 heterocycles. The number of carbonyl (C=O) groups is 2. The number of hydrogen-bond donors (Lipinski definition) is 1. The van der Waals surface area contributed by atoms with Crippen LogP contribution in [0.4, 0.5) is 13.2 Å². The van der Waals surface area contributed by atoms with Gasteiger partial charge in [-0.2, -0.15) is 13.2 Å². The van der Waals surface area contributed by atoms with E-state index < -0.39 is 46.5 Å². The van der Waals surface area contributed by atoms with E-state index in [1.165, 1.54) is 12.1 Å². The van der Waals surface area contributed by atoms with Crippen molar-refractivity contribution in [3.63, 3.8) is 0 Å². The van der Waals surface area contributed by atoms with E-state index in [1.807, 2.05) is 6.07 Å². The van der Waals surface area contributed by atoms with Crippen molar-refractivity contribution in [1.29, 1.82) is 0 Å². The molecule has 2 aromatic carbocycles. The van der Waals surface area contributed by atoms with Crippen LogP contribution in [-0.2, 0) is 14.3 Å². The molecule has 0 spiro atoms. The summed E-state index contributed by atoms with van der Waals surface area (Å²) in [6, 6.07) is 14.8. The van der Waals surface area contributed by atoms with Gasteiger partial charge >= 0.3 is 18.1 Å². The molecule has 1 N–H and O–H groups in total. The highest BCUT2D eigenvalue weighted by molar-refractivity contribution is 6.30. The average molecular weight is 469 g/mol. The highest BCUT2D eigenvalue weighted by atomic mass is 35.5. The number of carbonyl (C=O) groups excluding carboxylic acids is 1. The Morgan fingerprint density at radius 1 is 1.09 bits per heavy atom. The number of aliphatic carboxylic acids is 1. The molecule has 3 unspecified atom stereocenters. The standard InChI is InChI=1S/C23H20ClF3O5/c1-22(2)16(12-17(24)23(25,26)27)18(22)21(30)32-19(20(28)29)13-7-6-10-15(11-13)31-14-8-4-3-5-9-14/h3-12,16,18-19H,1-2H3,(H,28,29)/b17-12-. The summed E-state index contributed by atoms with van der Waals surface area (Å²) in [5.41, 5.74) is -0.706. The van der Waals surface area contributed by atoms with Crippen molar-refractivity contribution in [1.82, 2.24) is 0 Å². The van der Waals surface area contributed by atoms with Gasteiger partial charge in [0.2, 0.25) is 6.10 Å². The van der Waals surface area contributed by atoms with Crippen molar-refractivity contribution in [2.45, 2.75) is 26.1 Å². The average Bonchev–Trinajstić information content (AvgIpc) is 3.25. The molecule has 1 aliphatic carbocycles. The van der Waals surface area contributed by atoms with Crippen LogP contribution in [0.25, 0.3) is 0 Å². The van der Waals surface area contributed by atoms with E-state index in [9.17, 15) is 27.9 Å². The number of hydrogen-bond acceptors (Lipinski definition) is 4. The van der Waals surface area contributed by atoms with Crippen LogP contribution >= 0.6 is 11.6 Å². The van der Waals surface area contributed by atoms with E-state index in [2.05, 4.69) is 0 Å². The summed E-state index contributed by atoms with van der Waals surface area (Å²) < 4.78 is 49.1. The topological polar surface area (TPSA) is 72.8 Å². The number of esters is 1. The number of halogens is 4. The molecule has 0 aromatic heterocycles. The van der Waals surface area contributed by atoms with E-state index in [1.54, 1.807) is 50.2 Å². The molecule has 5 nitrogen and oxygen atoms in total. The van der Waals surface area contributed by atoms with Gasteiger partial charge in [-0.1, -0.05) is 61.9 Å². The maximum Gasteiger partial charge on any atom is 0.426 e. The third-order valence-electron chi connectivity index (χ3n) is 5.36. The Balaban J connectivity index is 1.77. The largest absolute Gasteiger partial charge is 0.478 e. The van der Waals surface area contributed by atoms with E-state index in [-0.39, 0.29) is 5.56 Å². The number of rotatable bonds is 7. The third-order valence-corrected chi connectivity index (χ3v) is 5.70. The Bertz CT molecular complexity index is 1030. The first-order chi connectivity index (χ1) is 14.9. The van der Waals surface area contributed by atoms with Crippen LogP contribution in [0.15, 0.2) is 65.7 Å². The minimum Gasteiger partial charge on any atom is -0.478 e. The van der Waals surface area contributed by atoms with Gasteiger partial charge in [0.05, 0.1) is 5.92 Å². The lowest BCUT2D eigenvalue weighted by molar-refractivity contribution is -0.166. The number of carboxylic acid groups (broad SMARTS) is 1. The van der Waals surface area contributed by atoms with Gasteiger partial charge in [0.1, 0.15) is 16.5 Å². The zero-order valence-electron chi connectivity index (χ0n) is 17.1. The summed E-state index contributed by atoms with van der Waals surface area (Å²) in [5.74, 6) is -3.25. The fourth-order valence-corrected chi connectivity index (χ4v) is 3.64. The van der Waals surface area contributed by atoms with Gasteiger partial charge in [-0.05, 0) is 35.6 Å².